The minimum Gasteiger partial charge on any atom is -0.390 e. The monoisotopic (exact) mass is 249 g/mol. The Hall–Kier alpha value is -0.860. The van der Waals surface area contributed by atoms with Gasteiger partial charge in [0.2, 0.25) is 0 Å². The van der Waals surface area contributed by atoms with Crippen molar-refractivity contribution in [2.45, 2.75) is 51.6 Å². The van der Waals surface area contributed by atoms with E-state index in [9.17, 15) is 5.11 Å². The van der Waals surface area contributed by atoms with E-state index in [2.05, 4.69) is 36.5 Å². The molecule has 1 rings (SSSR count). The second-order valence-corrected chi connectivity index (χ2v) is 5.34. The summed E-state index contributed by atoms with van der Waals surface area (Å²) in [5, 5.41) is 13.6. The summed E-state index contributed by atoms with van der Waals surface area (Å²) in [6.07, 6.45) is 4.96. The molecular weight excluding hydrogens is 222 g/mol. The number of hydrogen-bond acceptors (Lipinski definition) is 2. The van der Waals surface area contributed by atoms with E-state index in [1.165, 1.54) is 5.56 Å². The lowest BCUT2D eigenvalue weighted by atomic mass is 9.94. The van der Waals surface area contributed by atoms with E-state index in [1.54, 1.807) is 0 Å². The topological polar surface area (TPSA) is 32.3 Å². The fourth-order valence-corrected chi connectivity index (χ4v) is 2.10. The van der Waals surface area contributed by atoms with E-state index in [0.717, 1.165) is 45.2 Å². The summed E-state index contributed by atoms with van der Waals surface area (Å²) < 4.78 is 0. The first kappa shape index (κ1) is 15.2. The molecule has 1 aromatic rings. The van der Waals surface area contributed by atoms with Crippen molar-refractivity contribution < 1.29 is 5.11 Å². The van der Waals surface area contributed by atoms with Crippen molar-refractivity contribution in [3.05, 3.63) is 35.9 Å². The molecule has 0 aliphatic heterocycles. The van der Waals surface area contributed by atoms with Crippen molar-refractivity contribution in [2.75, 3.05) is 13.1 Å². The number of benzene rings is 1. The Labute approximate surface area is 111 Å². The van der Waals surface area contributed by atoms with Crippen LogP contribution < -0.4 is 5.32 Å². The van der Waals surface area contributed by atoms with Gasteiger partial charge in [-0.1, -0.05) is 37.3 Å². The van der Waals surface area contributed by atoms with Gasteiger partial charge in [0.1, 0.15) is 0 Å². The molecule has 1 aromatic carbocycles. The van der Waals surface area contributed by atoms with Crippen LogP contribution in [0.2, 0.25) is 0 Å². The maximum atomic E-state index is 10.3. The highest BCUT2D eigenvalue weighted by molar-refractivity contribution is 5.14. The number of nitrogens with one attached hydrogen (secondary N) is 1. The second-order valence-electron chi connectivity index (χ2n) is 5.34. The van der Waals surface area contributed by atoms with Crippen LogP contribution >= 0.6 is 0 Å². The predicted octanol–water partition coefficient (Wildman–Crippen LogP) is 3.15. The van der Waals surface area contributed by atoms with E-state index in [0.29, 0.717) is 0 Å². The van der Waals surface area contributed by atoms with Gasteiger partial charge < -0.3 is 10.4 Å². The summed E-state index contributed by atoms with van der Waals surface area (Å²) in [7, 11) is 0. The van der Waals surface area contributed by atoms with E-state index in [4.69, 9.17) is 0 Å². The number of aliphatic hydroxyl groups is 1. The van der Waals surface area contributed by atoms with Gasteiger partial charge in [0, 0.05) is 0 Å². The van der Waals surface area contributed by atoms with Gasteiger partial charge in [0.15, 0.2) is 0 Å². The Balaban J connectivity index is 2.16. The first-order chi connectivity index (χ1) is 8.64. The average Bonchev–Trinajstić information content (AvgIpc) is 2.36. The molecule has 0 saturated heterocycles. The van der Waals surface area contributed by atoms with Crippen molar-refractivity contribution in [2.24, 2.45) is 0 Å². The molecular formula is C16H27NO. The zero-order valence-corrected chi connectivity index (χ0v) is 11.8. The van der Waals surface area contributed by atoms with Crippen LogP contribution in [0.25, 0.3) is 0 Å². The Morgan fingerprint density at radius 3 is 2.50 bits per heavy atom. The highest BCUT2D eigenvalue weighted by Crippen LogP contribution is 2.17. The Kier molecular flexibility index (Phi) is 6.99. The summed E-state index contributed by atoms with van der Waals surface area (Å²) in [6.45, 7) is 6.06. The van der Waals surface area contributed by atoms with Crippen LogP contribution in [0, 0.1) is 0 Å². The summed E-state index contributed by atoms with van der Waals surface area (Å²) >= 11 is 0. The molecule has 0 aliphatic carbocycles. The lowest BCUT2D eigenvalue weighted by Crippen LogP contribution is -2.30. The zero-order valence-electron chi connectivity index (χ0n) is 11.8. The second kappa shape index (κ2) is 8.28. The number of hydrogen-bond donors (Lipinski definition) is 2. The van der Waals surface area contributed by atoms with Crippen LogP contribution in [0.5, 0.6) is 0 Å². The maximum absolute atomic E-state index is 10.3. The molecule has 102 valence electrons. The van der Waals surface area contributed by atoms with E-state index < -0.39 is 5.60 Å². The molecule has 2 N–H and O–H groups in total. The van der Waals surface area contributed by atoms with E-state index in [-0.39, 0.29) is 0 Å². The van der Waals surface area contributed by atoms with Gasteiger partial charge in [0.05, 0.1) is 5.60 Å². The molecule has 1 atom stereocenters. The van der Waals surface area contributed by atoms with E-state index in [1.807, 2.05) is 13.0 Å². The minimum atomic E-state index is -0.532. The fraction of sp³-hybridized carbons (Fsp3) is 0.625. The normalized spacial score (nSPS) is 14.4. The predicted molar refractivity (Wildman–Crippen MR) is 77.8 cm³/mol. The van der Waals surface area contributed by atoms with Crippen LogP contribution in [-0.4, -0.2) is 23.8 Å². The molecule has 0 aliphatic rings. The molecule has 1 unspecified atom stereocenters. The third kappa shape index (κ3) is 6.77. The molecule has 0 saturated carbocycles. The third-order valence-electron chi connectivity index (χ3n) is 3.29. The van der Waals surface area contributed by atoms with Crippen molar-refractivity contribution in [3.8, 4) is 0 Å². The van der Waals surface area contributed by atoms with Crippen LogP contribution in [0.1, 0.15) is 45.1 Å². The van der Waals surface area contributed by atoms with Gasteiger partial charge in [-0.2, -0.15) is 0 Å². The third-order valence-corrected chi connectivity index (χ3v) is 3.29. The Bertz CT molecular complexity index is 308. The molecule has 0 fully saturated rings. The van der Waals surface area contributed by atoms with Gasteiger partial charge in [-0.25, -0.2) is 0 Å². The highest BCUT2D eigenvalue weighted by atomic mass is 16.3. The van der Waals surface area contributed by atoms with E-state index >= 15 is 0 Å². The lowest BCUT2D eigenvalue weighted by molar-refractivity contribution is 0.0404. The molecule has 0 spiro atoms. The van der Waals surface area contributed by atoms with Gasteiger partial charge in [-0.15, -0.1) is 0 Å². The zero-order chi connectivity index (χ0) is 13.3. The van der Waals surface area contributed by atoms with Gasteiger partial charge in [0.25, 0.3) is 0 Å². The summed E-state index contributed by atoms with van der Waals surface area (Å²) in [4.78, 5) is 0. The van der Waals surface area contributed by atoms with Crippen LogP contribution in [-0.2, 0) is 6.42 Å². The van der Waals surface area contributed by atoms with Crippen molar-refractivity contribution in [1.29, 1.82) is 0 Å². The summed E-state index contributed by atoms with van der Waals surface area (Å²) in [6, 6.07) is 10.5. The summed E-state index contributed by atoms with van der Waals surface area (Å²) in [5.41, 5.74) is 0.826. The first-order valence-corrected chi connectivity index (χ1v) is 7.11. The van der Waals surface area contributed by atoms with Crippen molar-refractivity contribution in [3.63, 3.8) is 0 Å². The molecule has 0 radical (unpaired) electrons. The van der Waals surface area contributed by atoms with Gasteiger partial charge >= 0.3 is 0 Å². The maximum Gasteiger partial charge on any atom is 0.0632 e. The van der Waals surface area contributed by atoms with Crippen LogP contribution in [0.15, 0.2) is 30.3 Å². The quantitative estimate of drug-likeness (QED) is 0.659. The largest absolute Gasteiger partial charge is 0.390 e. The molecule has 0 amide bonds. The standard InChI is InChI=1S/C16H27NO/c1-3-13-17-14-12-16(2,18)11-7-10-15-8-5-4-6-9-15/h4-6,8-9,17-18H,3,7,10-14H2,1-2H3. The first-order valence-electron chi connectivity index (χ1n) is 7.11. The number of rotatable bonds is 9. The van der Waals surface area contributed by atoms with Crippen molar-refractivity contribution >= 4 is 0 Å². The highest BCUT2D eigenvalue weighted by Gasteiger charge is 2.18. The Morgan fingerprint density at radius 1 is 1.11 bits per heavy atom. The molecule has 18 heavy (non-hydrogen) atoms. The number of aryl methyl sites for hydroxylation is 1. The fourth-order valence-electron chi connectivity index (χ4n) is 2.10. The van der Waals surface area contributed by atoms with Crippen molar-refractivity contribution in [1.82, 2.24) is 5.32 Å². The SMILES string of the molecule is CCCNCCC(C)(O)CCCc1ccccc1. The minimum absolute atomic E-state index is 0.532. The van der Waals surface area contributed by atoms with Gasteiger partial charge in [-0.3, -0.25) is 0 Å². The average molecular weight is 249 g/mol. The summed E-state index contributed by atoms with van der Waals surface area (Å²) in [5.74, 6) is 0. The molecule has 0 heterocycles. The lowest BCUT2D eigenvalue weighted by Gasteiger charge is -2.23. The Morgan fingerprint density at radius 2 is 1.83 bits per heavy atom. The van der Waals surface area contributed by atoms with Crippen LogP contribution in [0.4, 0.5) is 0 Å². The molecule has 0 aromatic heterocycles. The molecule has 2 nitrogen and oxygen atoms in total. The van der Waals surface area contributed by atoms with Crippen LogP contribution in [0.3, 0.4) is 0 Å². The molecule has 0 bridgehead atoms. The molecule has 2 heteroatoms. The smallest absolute Gasteiger partial charge is 0.0632 e. The van der Waals surface area contributed by atoms with Gasteiger partial charge in [-0.05, 0) is 57.7 Å².